The summed E-state index contributed by atoms with van der Waals surface area (Å²) < 4.78 is 0. The summed E-state index contributed by atoms with van der Waals surface area (Å²) in [7, 11) is 0. The lowest BCUT2D eigenvalue weighted by Gasteiger charge is -2.01. The number of allylic oxidation sites excluding steroid dienone is 2. The maximum atomic E-state index is 11.7. The van der Waals surface area contributed by atoms with Gasteiger partial charge < -0.3 is 0 Å². The average molecular weight is 242 g/mol. The number of ketones is 1. The van der Waals surface area contributed by atoms with Crippen molar-refractivity contribution in [1.29, 1.82) is 0 Å². The molecule has 1 aliphatic carbocycles. The average Bonchev–Trinajstić information content (AvgIpc) is 2.91. The van der Waals surface area contributed by atoms with E-state index in [0.29, 0.717) is 12.3 Å². The van der Waals surface area contributed by atoms with E-state index in [9.17, 15) is 4.79 Å². The predicted molar refractivity (Wildman–Crippen MR) is 75.5 cm³/mol. The molecular formula is C17H22O. The van der Waals surface area contributed by atoms with Crippen molar-refractivity contribution in [2.75, 3.05) is 0 Å². The predicted octanol–water partition coefficient (Wildman–Crippen LogP) is 4.32. The zero-order valence-electron chi connectivity index (χ0n) is 11.0. The second kappa shape index (κ2) is 7.15. The largest absolute Gasteiger partial charge is 0.295 e. The first-order valence-electron chi connectivity index (χ1n) is 7.09. The summed E-state index contributed by atoms with van der Waals surface area (Å²) >= 11 is 0. The molecule has 0 atom stereocenters. The van der Waals surface area contributed by atoms with Crippen LogP contribution in [0.2, 0.25) is 0 Å². The third kappa shape index (κ3) is 4.48. The zero-order valence-corrected chi connectivity index (χ0v) is 11.0. The molecule has 1 nitrogen and oxygen atoms in total. The molecule has 0 aliphatic heterocycles. The number of carbonyl (C=O) groups is 1. The van der Waals surface area contributed by atoms with Gasteiger partial charge in [-0.3, -0.25) is 4.79 Å². The Morgan fingerprint density at radius 2 is 1.89 bits per heavy atom. The lowest BCUT2D eigenvalue weighted by Crippen LogP contribution is -1.96. The monoisotopic (exact) mass is 242 g/mol. The molecule has 0 radical (unpaired) electrons. The highest BCUT2D eigenvalue weighted by molar-refractivity contribution is 5.89. The Balaban J connectivity index is 1.65. The van der Waals surface area contributed by atoms with Gasteiger partial charge in [-0.05, 0) is 43.2 Å². The van der Waals surface area contributed by atoms with Crippen molar-refractivity contribution < 1.29 is 4.79 Å². The Morgan fingerprint density at radius 3 is 2.61 bits per heavy atom. The smallest absolute Gasteiger partial charge is 0.155 e. The molecule has 0 aromatic heterocycles. The number of rotatable bonds is 6. The van der Waals surface area contributed by atoms with Gasteiger partial charge in [0.15, 0.2) is 5.78 Å². The standard InChI is InChI=1S/C17H22O/c18-17(14-13-16-9-4-5-10-16)12-6-11-15-7-2-1-3-8-15/h1-3,7-8,13-14,16H,4-6,9-12H2/b14-13+. The zero-order chi connectivity index (χ0) is 12.6. The second-order valence-corrected chi connectivity index (χ2v) is 5.21. The highest BCUT2D eigenvalue weighted by Crippen LogP contribution is 2.25. The molecule has 1 aromatic rings. The molecule has 0 heterocycles. The van der Waals surface area contributed by atoms with Crippen molar-refractivity contribution in [3.63, 3.8) is 0 Å². The molecule has 0 spiro atoms. The molecule has 1 aromatic carbocycles. The SMILES string of the molecule is O=C(/C=C/C1CCCC1)CCCc1ccccc1. The van der Waals surface area contributed by atoms with Gasteiger partial charge in [0.25, 0.3) is 0 Å². The molecule has 0 bridgehead atoms. The minimum absolute atomic E-state index is 0.290. The van der Waals surface area contributed by atoms with E-state index in [0.717, 1.165) is 12.8 Å². The molecule has 0 amide bonds. The third-order valence-corrected chi connectivity index (χ3v) is 3.69. The van der Waals surface area contributed by atoms with Crippen LogP contribution in [0, 0.1) is 5.92 Å². The Labute approximate surface area is 110 Å². The van der Waals surface area contributed by atoms with Crippen molar-refractivity contribution in [2.24, 2.45) is 5.92 Å². The van der Waals surface area contributed by atoms with Gasteiger partial charge >= 0.3 is 0 Å². The quantitative estimate of drug-likeness (QED) is 0.679. The van der Waals surface area contributed by atoms with Crippen LogP contribution in [0.4, 0.5) is 0 Å². The number of aryl methyl sites for hydroxylation is 1. The van der Waals surface area contributed by atoms with E-state index in [2.05, 4.69) is 30.3 Å². The van der Waals surface area contributed by atoms with E-state index < -0.39 is 0 Å². The van der Waals surface area contributed by atoms with Crippen molar-refractivity contribution in [3.8, 4) is 0 Å². The van der Waals surface area contributed by atoms with Crippen molar-refractivity contribution in [2.45, 2.75) is 44.9 Å². The summed E-state index contributed by atoms with van der Waals surface area (Å²) in [6.45, 7) is 0. The molecular weight excluding hydrogens is 220 g/mol. The van der Waals surface area contributed by atoms with Crippen LogP contribution in [-0.2, 0) is 11.2 Å². The molecule has 0 saturated heterocycles. The molecule has 1 aliphatic rings. The van der Waals surface area contributed by atoms with Gasteiger partial charge in [-0.15, -0.1) is 0 Å². The van der Waals surface area contributed by atoms with Crippen LogP contribution < -0.4 is 0 Å². The van der Waals surface area contributed by atoms with Gasteiger partial charge in [0.1, 0.15) is 0 Å². The van der Waals surface area contributed by atoms with E-state index in [1.54, 1.807) is 0 Å². The first-order chi connectivity index (χ1) is 8.84. The van der Waals surface area contributed by atoms with Crippen LogP contribution in [0.15, 0.2) is 42.5 Å². The molecule has 1 heteroatoms. The highest BCUT2D eigenvalue weighted by atomic mass is 16.1. The van der Waals surface area contributed by atoms with E-state index in [4.69, 9.17) is 0 Å². The Morgan fingerprint density at radius 1 is 1.17 bits per heavy atom. The highest BCUT2D eigenvalue weighted by Gasteiger charge is 2.11. The summed E-state index contributed by atoms with van der Waals surface area (Å²) in [4.78, 5) is 11.7. The van der Waals surface area contributed by atoms with Gasteiger partial charge in [-0.1, -0.05) is 49.2 Å². The van der Waals surface area contributed by atoms with Crippen LogP contribution >= 0.6 is 0 Å². The molecule has 1 saturated carbocycles. The molecule has 0 unspecified atom stereocenters. The lowest BCUT2D eigenvalue weighted by atomic mass is 10.0. The summed E-state index contributed by atoms with van der Waals surface area (Å²) in [5, 5.41) is 0. The van der Waals surface area contributed by atoms with Crippen LogP contribution in [-0.4, -0.2) is 5.78 Å². The van der Waals surface area contributed by atoms with E-state index in [1.165, 1.54) is 31.2 Å². The molecule has 2 rings (SSSR count). The van der Waals surface area contributed by atoms with Crippen LogP contribution in [0.5, 0.6) is 0 Å². The maximum Gasteiger partial charge on any atom is 0.155 e. The summed E-state index contributed by atoms with van der Waals surface area (Å²) in [5.41, 5.74) is 1.32. The minimum atomic E-state index is 0.290. The molecule has 0 N–H and O–H groups in total. The van der Waals surface area contributed by atoms with Crippen molar-refractivity contribution in [3.05, 3.63) is 48.0 Å². The Hall–Kier alpha value is -1.37. The Bertz CT molecular complexity index is 385. The van der Waals surface area contributed by atoms with Crippen LogP contribution in [0.25, 0.3) is 0 Å². The molecule has 1 fully saturated rings. The summed E-state index contributed by atoms with van der Waals surface area (Å²) in [5.74, 6) is 0.959. The Kier molecular flexibility index (Phi) is 5.19. The first-order valence-corrected chi connectivity index (χ1v) is 7.09. The normalized spacial score (nSPS) is 16.4. The summed E-state index contributed by atoms with van der Waals surface area (Å²) in [6.07, 6.45) is 11.8. The second-order valence-electron chi connectivity index (χ2n) is 5.21. The fraction of sp³-hybridized carbons (Fsp3) is 0.471. The van der Waals surface area contributed by atoms with Gasteiger partial charge in [0.2, 0.25) is 0 Å². The van der Waals surface area contributed by atoms with Gasteiger partial charge in [-0.25, -0.2) is 0 Å². The van der Waals surface area contributed by atoms with E-state index in [-0.39, 0.29) is 5.78 Å². The first kappa shape index (κ1) is 13.1. The fourth-order valence-corrected chi connectivity index (χ4v) is 2.59. The molecule has 96 valence electrons. The van der Waals surface area contributed by atoms with Crippen LogP contribution in [0.1, 0.15) is 44.1 Å². The summed E-state index contributed by atoms with van der Waals surface area (Å²) in [6, 6.07) is 10.4. The van der Waals surface area contributed by atoms with Crippen molar-refractivity contribution >= 4 is 5.78 Å². The fourth-order valence-electron chi connectivity index (χ4n) is 2.59. The van der Waals surface area contributed by atoms with Gasteiger partial charge in [0, 0.05) is 6.42 Å². The van der Waals surface area contributed by atoms with Gasteiger partial charge in [-0.2, -0.15) is 0 Å². The van der Waals surface area contributed by atoms with Crippen LogP contribution in [0.3, 0.4) is 0 Å². The van der Waals surface area contributed by atoms with E-state index >= 15 is 0 Å². The molecule has 18 heavy (non-hydrogen) atoms. The number of carbonyl (C=O) groups excluding carboxylic acids is 1. The minimum Gasteiger partial charge on any atom is -0.295 e. The number of hydrogen-bond donors (Lipinski definition) is 0. The maximum absolute atomic E-state index is 11.7. The van der Waals surface area contributed by atoms with E-state index in [1.807, 2.05) is 12.1 Å². The number of hydrogen-bond acceptors (Lipinski definition) is 1. The lowest BCUT2D eigenvalue weighted by molar-refractivity contribution is -0.114. The number of benzene rings is 1. The topological polar surface area (TPSA) is 17.1 Å². The van der Waals surface area contributed by atoms with Crippen molar-refractivity contribution in [1.82, 2.24) is 0 Å². The van der Waals surface area contributed by atoms with Gasteiger partial charge in [0.05, 0.1) is 0 Å². The third-order valence-electron chi connectivity index (χ3n) is 3.69.